The second-order valence-electron chi connectivity index (χ2n) is 5.85. The predicted molar refractivity (Wildman–Crippen MR) is 84.7 cm³/mol. The van der Waals surface area contributed by atoms with Crippen molar-refractivity contribution in [2.75, 3.05) is 25.0 Å². The minimum absolute atomic E-state index is 0.0273. The largest absolute Gasteiger partial charge is 0.354 e. The molecule has 0 atom stereocenters. The first-order valence-corrected chi connectivity index (χ1v) is 7.67. The van der Waals surface area contributed by atoms with Crippen LogP contribution >= 0.6 is 0 Å². The fourth-order valence-electron chi connectivity index (χ4n) is 2.98. The van der Waals surface area contributed by atoms with Crippen molar-refractivity contribution in [3.8, 4) is 0 Å². The molecular weight excluding hydrogens is 297 g/mol. The van der Waals surface area contributed by atoms with Crippen molar-refractivity contribution in [2.24, 2.45) is 7.05 Å². The Balaban J connectivity index is 1.62. The molecule has 3 heterocycles. The first-order valence-electron chi connectivity index (χ1n) is 7.67. The van der Waals surface area contributed by atoms with Gasteiger partial charge in [-0.2, -0.15) is 5.10 Å². The molecule has 0 N–H and O–H groups in total. The smallest absolute Gasteiger partial charge is 0.257 e. The predicted octanol–water partition coefficient (Wildman–Crippen LogP) is 1.70. The molecule has 0 aromatic carbocycles. The Morgan fingerprint density at radius 3 is 2.74 bits per heavy atom. The van der Waals surface area contributed by atoms with Gasteiger partial charge >= 0.3 is 0 Å². The van der Waals surface area contributed by atoms with Crippen LogP contribution in [0.15, 0.2) is 30.7 Å². The summed E-state index contributed by atoms with van der Waals surface area (Å²) in [5.41, 5.74) is 0.591. The summed E-state index contributed by atoms with van der Waals surface area (Å²) in [6, 6.07) is 3.16. The fourth-order valence-corrected chi connectivity index (χ4v) is 2.98. The molecule has 2 aromatic rings. The van der Waals surface area contributed by atoms with E-state index in [0.717, 1.165) is 12.8 Å². The van der Waals surface area contributed by atoms with Crippen molar-refractivity contribution in [3.63, 3.8) is 0 Å². The van der Waals surface area contributed by atoms with Crippen molar-refractivity contribution in [2.45, 2.75) is 18.9 Å². The van der Waals surface area contributed by atoms with Crippen LogP contribution in [0, 0.1) is 5.82 Å². The number of nitrogens with zero attached hydrogens (tertiary/aromatic N) is 5. The number of aryl methyl sites for hydroxylation is 1. The van der Waals surface area contributed by atoms with E-state index in [1.165, 1.54) is 6.07 Å². The highest BCUT2D eigenvalue weighted by Gasteiger charge is 2.27. The maximum Gasteiger partial charge on any atom is 0.257 e. The summed E-state index contributed by atoms with van der Waals surface area (Å²) in [4.78, 5) is 20.3. The van der Waals surface area contributed by atoms with E-state index in [4.69, 9.17) is 0 Å². The fraction of sp³-hybridized carbons (Fsp3) is 0.438. The third-order valence-corrected chi connectivity index (χ3v) is 4.32. The van der Waals surface area contributed by atoms with E-state index in [-0.39, 0.29) is 17.8 Å². The average molecular weight is 317 g/mol. The first kappa shape index (κ1) is 15.5. The molecule has 1 amide bonds. The zero-order valence-electron chi connectivity index (χ0n) is 13.3. The normalized spacial score (nSPS) is 15.7. The number of amides is 1. The van der Waals surface area contributed by atoms with Crippen molar-refractivity contribution in [1.82, 2.24) is 19.7 Å². The molecule has 0 radical (unpaired) electrons. The molecule has 2 aromatic heterocycles. The standard InChI is InChI=1S/C16H20FN5O/c1-20-11-12(10-19-20)16(23)21(2)13-5-8-22(9-6-13)15-14(17)4-3-7-18-15/h3-4,7,10-11,13H,5-6,8-9H2,1-2H3. The molecule has 1 saturated heterocycles. The Morgan fingerprint density at radius 1 is 1.39 bits per heavy atom. The lowest BCUT2D eigenvalue weighted by Gasteiger charge is -2.37. The maximum absolute atomic E-state index is 13.8. The van der Waals surface area contributed by atoms with Crippen LogP contribution in [0.25, 0.3) is 0 Å². The van der Waals surface area contributed by atoms with Crippen LogP contribution in [-0.4, -0.2) is 51.8 Å². The summed E-state index contributed by atoms with van der Waals surface area (Å²) in [5, 5.41) is 4.04. The van der Waals surface area contributed by atoms with E-state index >= 15 is 0 Å². The molecule has 23 heavy (non-hydrogen) atoms. The highest BCUT2D eigenvalue weighted by atomic mass is 19.1. The number of hydrogen-bond acceptors (Lipinski definition) is 4. The van der Waals surface area contributed by atoms with Gasteiger partial charge in [0.2, 0.25) is 0 Å². The Morgan fingerprint density at radius 2 is 2.13 bits per heavy atom. The average Bonchev–Trinajstić information content (AvgIpc) is 3.01. The molecule has 1 aliphatic rings. The number of halogens is 1. The van der Waals surface area contributed by atoms with Crippen LogP contribution in [0.2, 0.25) is 0 Å². The summed E-state index contributed by atoms with van der Waals surface area (Å²) in [6.45, 7) is 1.37. The molecule has 1 fully saturated rings. The number of carbonyl (C=O) groups excluding carboxylic acids is 1. The van der Waals surface area contributed by atoms with E-state index in [1.54, 1.807) is 41.3 Å². The second kappa shape index (κ2) is 6.36. The van der Waals surface area contributed by atoms with E-state index in [2.05, 4.69) is 10.1 Å². The monoisotopic (exact) mass is 317 g/mol. The molecule has 122 valence electrons. The van der Waals surface area contributed by atoms with Gasteiger partial charge in [-0.3, -0.25) is 9.48 Å². The van der Waals surface area contributed by atoms with Crippen molar-refractivity contribution >= 4 is 11.7 Å². The zero-order valence-corrected chi connectivity index (χ0v) is 13.3. The minimum Gasteiger partial charge on any atom is -0.354 e. The molecular formula is C16H20FN5O. The number of anilines is 1. The number of carbonyl (C=O) groups is 1. The van der Waals surface area contributed by atoms with Gasteiger partial charge < -0.3 is 9.80 Å². The molecule has 1 aliphatic heterocycles. The van der Waals surface area contributed by atoms with Gasteiger partial charge in [0.25, 0.3) is 5.91 Å². The lowest BCUT2D eigenvalue weighted by molar-refractivity contribution is 0.0709. The molecule has 3 rings (SSSR count). The highest BCUT2D eigenvalue weighted by molar-refractivity contribution is 5.93. The molecule has 7 heteroatoms. The third kappa shape index (κ3) is 3.18. The number of piperidine rings is 1. The van der Waals surface area contributed by atoms with Gasteiger partial charge in [0.05, 0.1) is 11.8 Å². The van der Waals surface area contributed by atoms with Gasteiger partial charge in [-0.05, 0) is 25.0 Å². The SMILES string of the molecule is CN(C(=O)c1cnn(C)c1)C1CCN(c2ncccc2F)CC1. The number of aromatic nitrogens is 3. The Hall–Kier alpha value is -2.44. The zero-order chi connectivity index (χ0) is 16.4. The van der Waals surface area contributed by atoms with Gasteiger partial charge in [-0.25, -0.2) is 9.37 Å². The maximum atomic E-state index is 13.8. The Bertz CT molecular complexity index is 693. The molecule has 0 spiro atoms. The van der Waals surface area contributed by atoms with Gasteiger partial charge in [0.15, 0.2) is 11.6 Å². The van der Waals surface area contributed by atoms with Gasteiger partial charge in [-0.15, -0.1) is 0 Å². The molecule has 0 bridgehead atoms. The second-order valence-corrected chi connectivity index (χ2v) is 5.85. The topological polar surface area (TPSA) is 54.3 Å². The Labute approximate surface area is 134 Å². The molecule has 0 aliphatic carbocycles. The number of pyridine rings is 1. The van der Waals surface area contributed by atoms with Crippen LogP contribution in [0.3, 0.4) is 0 Å². The first-order chi connectivity index (χ1) is 11.1. The molecule has 0 saturated carbocycles. The summed E-state index contributed by atoms with van der Waals surface area (Å²) >= 11 is 0. The van der Waals surface area contributed by atoms with E-state index < -0.39 is 0 Å². The number of hydrogen-bond donors (Lipinski definition) is 0. The van der Waals surface area contributed by atoms with Crippen LogP contribution in [-0.2, 0) is 7.05 Å². The van der Waals surface area contributed by atoms with Crippen molar-refractivity contribution in [1.29, 1.82) is 0 Å². The van der Waals surface area contributed by atoms with Gasteiger partial charge in [0, 0.05) is 45.6 Å². The lowest BCUT2D eigenvalue weighted by Crippen LogP contribution is -2.46. The van der Waals surface area contributed by atoms with Crippen LogP contribution in [0.5, 0.6) is 0 Å². The third-order valence-electron chi connectivity index (χ3n) is 4.32. The van der Waals surface area contributed by atoms with E-state index in [1.807, 2.05) is 11.9 Å². The summed E-state index contributed by atoms with van der Waals surface area (Å²) in [7, 11) is 3.60. The molecule has 6 nitrogen and oxygen atoms in total. The summed E-state index contributed by atoms with van der Waals surface area (Å²) in [5.74, 6) is 0.0681. The van der Waals surface area contributed by atoms with Gasteiger partial charge in [0.1, 0.15) is 0 Å². The van der Waals surface area contributed by atoms with Crippen molar-refractivity contribution in [3.05, 3.63) is 42.1 Å². The lowest BCUT2D eigenvalue weighted by atomic mass is 10.0. The summed E-state index contributed by atoms with van der Waals surface area (Å²) < 4.78 is 15.4. The quantitative estimate of drug-likeness (QED) is 0.864. The van der Waals surface area contributed by atoms with Crippen LogP contribution < -0.4 is 4.90 Å². The van der Waals surface area contributed by atoms with E-state index in [0.29, 0.717) is 24.5 Å². The van der Waals surface area contributed by atoms with Gasteiger partial charge in [-0.1, -0.05) is 0 Å². The van der Waals surface area contributed by atoms with Crippen molar-refractivity contribution < 1.29 is 9.18 Å². The summed E-state index contributed by atoms with van der Waals surface area (Å²) in [6.07, 6.45) is 6.48. The minimum atomic E-state index is -0.300. The molecule has 0 unspecified atom stereocenters. The Kier molecular flexibility index (Phi) is 4.27. The van der Waals surface area contributed by atoms with E-state index in [9.17, 15) is 9.18 Å². The van der Waals surface area contributed by atoms with Crippen LogP contribution in [0.1, 0.15) is 23.2 Å². The van der Waals surface area contributed by atoms with Crippen LogP contribution in [0.4, 0.5) is 10.2 Å². The number of rotatable bonds is 3. The highest BCUT2D eigenvalue weighted by Crippen LogP contribution is 2.23.